The molecule has 1 N–H and O–H groups in total. The van der Waals surface area contributed by atoms with Crippen LogP contribution in [0.2, 0.25) is 5.02 Å². The van der Waals surface area contributed by atoms with Gasteiger partial charge in [-0.05, 0) is 30.3 Å². The van der Waals surface area contributed by atoms with E-state index in [2.05, 4.69) is 15.3 Å². The molecule has 6 nitrogen and oxygen atoms in total. The molecular weight excluding hydrogens is 507 g/mol. The largest absolute Gasteiger partial charge is 0.301 e. The molecule has 0 unspecified atom stereocenters. The first-order valence-electron chi connectivity index (χ1n) is 10.4. The summed E-state index contributed by atoms with van der Waals surface area (Å²) in [6.07, 6.45) is 0. The van der Waals surface area contributed by atoms with Gasteiger partial charge < -0.3 is 5.32 Å². The van der Waals surface area contributed by atoms with Crippen LogP contribution >= 0.6 is 34.7 Å². The summed E-state index contributed by atoms with van der Waals surface area (Å²) in [5, 5.41) is 6.13. The van der Waals surface area contributed by atoms with Gasteiger partial charge in [0.1, 0.15) is 5.82 Å². The van der Waals surface area contributed by atoms with Crippen molar-refractivity contribution in [2.24, 2.45) is 0 Å². The number of nitrogens with one attached hydrogen (secondary N) is 1. The Morgan fingerprint density at radius 3 is 2.60 bits per heavy atom. The van der Waals surface area contributed by atoms with E-state index in [9.17, 15) is 14.0 Å². The summed E-state index contributed by atoms with van der Waals surface area (Å²) in [6, 6.07) is 20.1. The summed E-state index contributed by atoms with van der Waals surface area (Å²) >= 11 is 8.55. The first-order valence-corrected chi connectivity index (χ1v) is 12.7. The van der Waals surface area contributed by atoms with Gasteiger partial charge in [0.15, 0.2) is 10.3 Å². The number of fused-ring (bicyclic) bond motifs is 1. The minimum atomic E-state index is -0.562. The molecule has 0 aliphatic heterocycles. The Kier molecular flexibility index (Phi) is 6.63. The van der Waals surface area contributed by atoms with Crippen LogP contribution in [-0.2, 0) is 4.79 Å². The zero-order chi connectivity index (χ0) is 24.4. The molecule has 0 bridgehead atoms. The fraction of sp³-hybridized carbons (Fsp3) is 0.0400. The first kappa shape index (κ1) is 23.2. The van der Waals surface area contributed by atoms with Gasteiger partial charge in [-0.25, -0.2) is 14.4 Å². The molecule has 0 atom stereocenters. The first-order chi connectivity index (χ1) is 17.0. The van der Waals surface area contributed by atoms with Crippen LogP contribution in [0.25, 0.3) is 27.8 Å². The Labute approximate surface area is 212 Å². The number of aromatic nitrogens is 3. The van der Waals surface area contributed by atoms with Crippen LogP contribution in [0.4, 0.5) is 9.52 Å². The SMILES string of the molecule is O=C(CSc1nc2ccccc2c(=O)n1-c1ccccc1F)Nc1nc(-c2ccccc2Cl)cs1. The predicted octanol–water partition coefficient (Wildman–Crippen LogP) is 6.03. The standard InChI is InChI=1S/C25H16ClFN4O2S2/c26-17-9-3-1-7-15(17)20-13-34-24(28-20)30-22(32)14-35-25-29-19-11-5-2-8-16(19)23(33)31(25)21-12-6-4-10-18(21)27/h1-13H,14H2,(H,28,30,32). The van der Waals surface area contributed by atoms with Crippen molar-refractivity contribution in [2.75, 3.05) is 11.1 Å². The van der Waals surface area contributed by atoms with Crippen molar-refractivity contribution >= 4 is 56.6 Å². The Morgan fingerprint density at radius 1 is 1.03 bits per heavy atom. The van der Waals surface area contributed by atoms with Crippen molar-refractivity contribution in [3.05, 3.63) is 99.4 Å². The highest BCUT2D eigenvalue weighted by Gasteiger charge is 2.17. The zero-order valence-electron chi connectivity index (χ0n) is 17.9. The third kappa shape index (κ3) is 4.84. The lowest BCUT2D eigenvalue weighted by Gasteiger charge is -2.13. The predicted molar refractivity (Wildman–Crippen MR) is 139 cm³/mol. The fourth-order valence-corrected chi connectivity index (χ4v) is 5.23. The van der Waals surface area contributed by atoms with Gasteiger partial charge >= 0.3 is 0 Å². The van der Waals surface area contributed by atoms with Crippen LogP contribution in [0.1, 0.15) is 0 Å². The molecule has 0 fully saturated rings. The molecule has 0 saturated heterocycles. The molecule has 0 radical (unpaired) electrons. The van der Waals surface area contributed by atoms with Crippen molar-refractivity contribution in [2.45, 2.75) is 5.16 Å². The molecule has 1 amide bonds. The third-order valence-electron chi connectivity index (χ3n) is 5.07. The number of halogens is 2. The number of anilines is 1. The average Bonchev–Trinajstić information content (AvgIpc) is 3.32. The molecule has 35 heavy (non-hydrogen) atoms. The number of thiazole rings is 1. The summed E-state index contributed by atoms with van der Waals surface area (Å²) in [7, 11) is 0. The lowest BCUT2D eigenvalue weighted by Crippen LogP contribution is -2.23. The van der Waals surface area contributed by atoms with Gasteiger partial charge in [-0.1, -0.05) is 65.8 Å². The summed E-state index contributed by atoms with van der Waals surface area (Å²) in [5.74, 6) is -0.953. The fourth-order valence-electron chi connectivity index (χ4n) is 3.46. The number of nitrogens with zero attached hydrogens (tertiary/aromatic N) is 3. The quantitative estimate of drug-likeness (QED) is 0.217. The molecule has 2 heterocycles. The number of amides is 1. The van der Waals surface area contributed by atoms with E-state index in [1.54, 1.807) is 42.5 Å². The van der Waals surface area contributed by atoms with E-state index in [1.165, 1.54) is 28.0 Å². The van der Waals surface area contributed by atoms with Gasteiger partial charge in [-0.15, -0.1) is 11.3 Å². The van der Waals surface area contributed by atoms with Crippen molar-refractivity contribution < 1.29 is 9.18 Å². The second kappa shape index (κ2) is 9.99. The highest BCUT2D eigenvalue weighted by molar-refractivity contribution is 7.99. The molecule has 3 aromatic carbocycles. The smallest absolute Gasteiger partial charge is 0.266 e. The van der Waals surface area contributed by atoms with Crippen molar-refractivity contribution in [3.8, 4) is 16.9 Å². The molecular formula is C25H16ClFN4O2S2. The number of carbonyl (C=O) groups is 1. The lowest BCUT2D eigenvalue weighted by atomic mass is 10.2. The number of rotatable bonds is 6. The summed E-state index contributed by atoms with van der Waals surface area (Å²) in [6.45, 7) is 0. The van der Waals surface area contributed by atoms with E-state index in [-0.39, 0.29) is 22.5 Å². The van der Waals surface area contributed by atoms with Crippen LogP contribution < -0.4 is 10.9 Å². The minimum Gasteiger partial charge on any atom is -0.301 e. The van der Waals surface area contributed by atoms with Gasteiger partial charge in [-0.3, -0.25) is 14.2 Å². The topological polar surface area (TPSA) is 76.9 Å². The highest BCUT2D eigenvalue weighted by atomic mass is 35.5. The molecule has 0 saturated carbocycles. The van der Waals surface area contributed by atoms with E-state index >= 15 is 0 Å². The number of thioether (sulfide) groups is 1. The number of hydrogen-bond acceptors (Lipinski definition) is 6. The maximum absolute atomic E-state index is 14.6. The Bertz CT molecular complexity index is 1620. The number of benzene rings is 3. The molecule has 0 spiro atoms. The van der Waals surface area contributed by atoms with E-state index in [4.69, 9.17) is 11.6 Å². The molecule has 0 aliphatic rings. The number of carbonyl (C=O) groups excluding carboxylic acids is 1. The van der Waals surface area contributed by atoms with Crippen LogP contribution in [0, 0.1) is 5.82 Å². The Hall–Kier alpha value is -3.53. The van der Waals surface area contributed by atoms with E-state index in [1.807, 2.05) is 23.6 Å². The Morgan fingerprint density at radius 2 is 1.77 bits per heavy atom. The Balaban J connectivity index is 1.40. The van der Waals surface area contributed by atoms with Gasteiger partial charge in [0.2, 0.25) is 5.91 Å². The second-order valence-corrected chi connectivity index (χ2v) is 9.57. The van der Waals surface area contributed by atoms with Crippen LogP contribution in [0.15, 0.2) is 88.1 Å². The second-order valence-electron chi connectivity index (χ2n) is 7.36. The van der Waals surface area contributed by atoms with Gasteiger partial charge in [-0.2, -0.15) is 0 Å². The highest BCUT2D eigenvalue weighted by Crippen LogP contribution is 2.30. The minimum absolute atomic E-state index is 0.0553. The average molecular weight is 523 g/mol. The van der Waals surface area contributed by atoms with Crippen LogP contribution in [0.5, 0.6) is 0 Å². The normalized spacial score (nSPS) is 11.0. The summed E-state index contributed by atoms with van der Waals surface area (Å²) in [4.78, 5) is 34.9. The maximum atomic E-state index is 14.6. The van der Waals surface area contributed by atoms with Crippen molar-refractivity contribution in [1.82, 2.24) is 14.5 Å². The molecule has 0 aliphatic carbocycles. The molecule has 174 valence electrons. The number of para-hydroxylation sites is 2. The van der Waals surface area contributed by atoms with Crippen LogP contribution in [-0.4, -0.2) is 26.2 Å². The zero-order valence-corrected chi connectivity index (χ0v) is 20.3. The van der Waals surface area contributed by atoms with E-state index in [0.29, 0.717) is 26.8 Å². The molecule has 5 aromatic rings. The molecule has 5 rings (SSSR count). The molecule has 10 heteroatoms. The van der Waals surface area contributed by atoms with Gasteiger partial charge in [0, 0.05) is 16.0 Å². The maximum Gasteiger partial charge on any atom is 0.266 e. The number of hydrogen-bond donors (Lipinski definition) is 1. The van der Waals surface area contributed by atoms with Gasteiger partial charge in [0.05, 0.1) is 28.0 Å². The van der Waals surface area contributed by atoms with Gasteiger partial charge in [0.25, 0.3) is 5.56 Å². The van der Waals surface area contributed by atoms with E-state index in [0.717, 1.165) is 17.3 Å². The van der Waals surface area contributed by atoms with Crippen LogP contribution in [0.3, 0.4) is 0 Å². The monoisotopic (exact) mass is 522 g/mol. The molecule has 2 aromatic heterocycles. The third-order valence-corrected chi connectivity index (χ3v) is 7.10. The van der Waals surface area contributed by atoms with Crippen molar-refractivity contribution in [3.63, 3.8) is 0 Å². The van der Waals surface area contributed by atoms with Crippen molar-refractivity contribution in [1.29, 1.82) is 0 Å². The summed E-state index contributed by atoms with van der Waals surface area (Å²) < 4.78 is 15.8. The summed E-state index contributed by atoms with van der Waals surface area (Å²) in [5.41, 5.74) is 1.57. The lowest BCUT2D eigenvalue weighted by molar-refractivity contribution is -0.113. The van der Waals surface area contributed by atoms with E-state index < -0.39 is 11.4 Å².